The molecule has 1 rings (SSSR count). The van der Waals surface area contributed by atoms with Gasteiger partial charge in [-0.2, -0.15) is 0 Å². The van der Waals surface area contributed by atoms with E-state index in [1.165, 1.54) is 0 Å². The Hall–Kier alpha value is -1.09. The minimum absolute atomic E-state index is 0.00233. The predicted octanol–water partition coefficient (Wildman–Crippen LogP) is 2.51. The summed E-state index contributed by atoms with van der Waals surface area (Å²) in [7, 11) is 0. The Balaban J connectivity index is 3.02. The van der Waals surface area contributed by atoms with Gasteiger partial charge >= 0.3 is 0 Å². The first-order valence-corrected chi connectivity index (χ1v) is 6.17. The summed E-state index contributed by atoms with van der Waals surface area (Å²) in [6.07, 6.45) is 0.946. The van der Waals surface area contributed by atoms with Gasteiger partial charge in [0.15, 0.2) is 0 Å². The summed E-state index contributed by atoms with van der Waals surface area (Å²) >= 11 is 5.32. The van der Waals surface area contributed by atoms with Crippen molar-refractivity contribution in [2.24, 2.45) is 5.92 Å². The van der Waals surface area contributed by atoms with Gasteiger partial charge in [0.1, 0.15) is 0 Å². The third-order valence-corrected chi connectivity index (χ3v) is 2.86. The van der Waals surface area contributed by atoms with Crippen LogP contribution in [-0.4, -0.2) is 9.81 Å². The number of aromatic nitrogens is 1. The van der Waals surface area contributed by atoms with Crippen molar-refractivity contribution in [2.45, 2.75) is 40.2 Å². The molecule has 4 heteroatoms. The van der Waals surface area contributed by atoms with E-state index in [-0.39, 0.29) is 12.0 Å². The molecule has 0 aliphatic rings. The summed E-state index contributed by atoms with van der Waals surface area (Å²) in [4.78, 5) is 22.9. The molecule has 0 unspecified atom stereocenters. The predicted molar refractivity (Wildman–Crippen MR) is 69.5 cm³/mol. The fourth-order valence-corrected chi connectivity index (χ4v) is 1.81. The van der Waals surface area contributed by atoms with Gasteiger partial charge in [0, 0.05) is 17.8 Å². The summed E-state index contributed by atoms with van der Waals surface area (Å²) in [5, 5.41) is -0.499. The molecule has 0 atom stereocenters. The minimum atomic E-state index is -0.499. The van der Waals surface area contributed by atoms with Gasteiger partial charge in [-0.3, -0.25) is 9.59 Å². The highest BCUT2D eigenvalue weighted by Gasteiger charge is 2.09. The average molecular weight is 256 g/mol. The number of nitrogens with zero attached hydrogens (tertiary/aromatic N) is 1. The topological polar surface area (TPSA) is 39.1 Å². The van der Waals surface area contributed by atoms with Crippen LogP contribution in [0.5, 0.6) is 0 Å². The highest BCUT2D eigenvalue weighted by molar-refractivity contribution is 6.63. The molecule has 0 spiro atoms. The molecule has 0 saturated heterocycles. The minimum Gasteiger partial charge on any atom is -0.313 e. The van der Waals surface area contributed by atoms with Crippen molar-refractivity contribution in [2.75, 3.05) is 0 Å². The zero-order valence-corrected chi connectivity index (χ0v) is 11.3. The maximum Gasteiger partial charge on any atom is 0.254 e. The van der Waals surface area contributed by atoms with Crippen LogP contribution in [0, 0.1) is 12.8 Å². The van der Waals surface area contributed by atoms with Gasteiger partial charge in [0.2, 0.25) is 5.24 Å². The Morgan fingerprint density at radius 2 is 2.06 bits per heavy atom. The molecule has 3 nitrogen and oxygen atoms in total. The molecule has 0 amide bonds. The molecule has 0 bridgehead atoms. The van der Waals surface area contributed by atoms with Crippen molar-refractivity contribution < 1.29 is 4.79 Å². The molecule has 0 N–H and O–H groups in total. The molecule has 1 aromatic rings. The Bertz CT molecular complexity index is 463. The molecular formula is C13H18ClNO2. The van der Waals surface area contributed by atoms with Gasteiger partial charge in [-0.05, 0) is 36.9 Å². The van der Waals surface area contributed by atoms with Crippen molar-refractivity contribution in [3.05, 3.63) is 33.7 Å². The van der Waals surface area contributed by atoms with Crippen molar-refractivity contribution in [3.63, 3.8) is 0 Å². The SMILES string of the molecule is Cc1ccc(CC(=O)Cl)c(=O)n1CCC(C)C. The zero-order valence-electron chi connectivity index (χ0n) is 10.5. The molecule has 1 aromatic heterocycles. The van der Waals surface area contributed by atoms with Crippen molar-refractivity contribution >= 4 is 16.8 Å². The highest BCUT2D eigenvalue weighted by Crippen LogP contribution is 2.06. The average Bonchev–Trinajstić information content (AvgIpc) is 2.21. The van der Waals surface area contributed by atoms with Gasteiger partial charge in [-0.1, -0.05) is 19.9 Å². The van der Waals surface area contributed by atoms with Crippen molar-refractivity contribution in [1.82, 2.24) is 4.57 Å². The quantitative estimate of drug-likeness (QED) is 0.759. The molecule has 0 aliphatic heterocycles. The fourth-order valence-electron chi connectivity index (χ4n) is 1.67. The summed E-state index contributed by atoms with van der Waals surface area (Å²) in [6, 6.07) is 3.54. The summed E-state index contributed by atoms with van der Waals surface area (Å²) in [5.74, 6) is 0.541. The van der Waals surface area contributed by atoms with E-state index in [0.717, 1.165) is 12.1 Å². The molecular weight excluding hydrogens is 238 g/mol. The second kappa shape index (κ2) is 6.01. The van der Waals surface area contributed by atoms with Crippen LogP contribution < -0.4 is 5.56 Å². The van der Waals surface area contributed by atoms with Crippen LogP contribution in [0.1, 0.15) is 31.5 Å². The van der Waals surface area contributed by atoms with Crippen molar-refractivity contribution in [3.8, 4) is 0 Å². The van der Waals surface area contributed by atoms with E-state index in [0.29, 0.717) is 18.0 Å². The number of pyridine rings is 1. The number of aryl methyl sites for hydroxylation is 1. The van der Waals surface area contributed by atoms with E-state index in [1.807, 2.05) is 13.0 Å². The van der Waals surface area contributed by atoms with E-state index in [1.54, 1.807) is 10.6 Å². The van der Waals surface area contributed by atoms with Gasteiger partial charge in [-0.15, -0.1) is 0 Å². The lowest BCUT2D eigenvalue weighted by Crippen LogP contribution is -2.26. The van der Waals surface area contributed by atoms with Gasteiger partial charge < -0.3 is 4.57 Å². The number of rotatable bonds is 5. The maximum atomic E-state index is 12.1. The molecule has 17 heavy (non-hydrogen) atoms. The number of halogens is 1. The lowest BCUT2D eigenvalue weighted by atomic mass is 10.1. The van der Waals surface area contributed by atoms with Gasteiger partial charge in [0.05, 0.1) is 6.42 Å². The van der Waals surface area contributed by atoms with Gasteiger partial charge in [-0.25, -0.2) is 0 Å². The zero-order chi connectivity index (χ0) is 13.0. The Labute approximate surface area is 106 Å². The molecule has 94 valence electrons. The molecule has 0 fully saturated rings. The first-order chi connectivity index (χ1) is 7.91. The smallest absolute Gasteiger partial charge is 0.254 e. The summed E-state index contributed by atoms with van der Waals surface area (Å²) in [6.45, 7) is 6.82. The molecule has 0 aliphatic carbocycles. The lowest BCUT2D eigenvalue weighted by molar-refractivity contribution is -0.111. The van der Waals surface area contributed by atoms with Crippen LogP contribution >= 0.6 is 11.6 Å². The van der Waals surface area contributed by atoms with E-state index in [9.17, 15) is 9.59 Å². The lowest BCUT2D eigenvalue weighted by Gasteiger charge is -2.12. The Morgan fingerprint density at radius 3 is 2.59 bits per heavy atom. The normalized spacial score (nSPS) is 10.9. The van der Waals surface area contributed by atoms with Gasteiger partial charge in [0.25, 0.3) is 5.56 Å². The Morgan fingerprint density at radius 1 is 1.41 bits per heavy atom. The maximum absolute atomic E-state index is 12.1. The second-order valence-corrected chi connectivity index (χ2v) is 5.09. The largest absolute Gasteiger partial charge is 0.313 e. The number of carbonyl (C=O) groups is 1. The highest BCUT2D eigenvalue weighted by atomic mass is 35.5. The summed E-state index contributed by atoms with van der Waals surface area (Å²) < 4.78 is 1.72. The summed E-state index contributed by atoms with van der Waals surface area (Å²) in [5.41, 5.74) is 1.29. The van der Waals surface area contributed by atoms with Crippen LogP contribution in [-0.2, 0) is 17.8 Å². The molecule has 0 aromatic carbocycles. The molecule has 1 heterocycles. The first-order valence-electron chi connectivity index (χ1n) is 5.79. The first kappa shape index (κ1) is 14.0. The van der Waals surface area contributed by atoms with E-state index >= 15 is 0 Å². The van der Waals surface area contributed by atoms with Crippen LogP contribution in [0.2, 0.25) is 0 Å². The van der Waals surface area contributed by atoms with Crippen LogP contribution in [0.25, 0.3) is 0 Å². The third kappa shape index (κ3) is 4.00. The fraction of sp³-hybridized carbons (Fsp3) is 0.538. The number of hydrogen-bond acceptors (Lipinski definition) is 2. The second-order valence-electron chi connectivity index (χ2n) is 4.67. The van der Waals surface area contributed by atoms with E-state index < -0.39 is 5.24 Å². The number of carbonyl (C=O) groups excluding carboxylic acids is 1. The third-order valence-electron chi connectivity index (χ3n) is 2.73. The van der Waals surface area contributed by atoms with Crippen LogP contribution in [0.4, 0.5) is 0 Å². The standard InChI is InChI=1S/C13H18ClNO2/c1-9(2)6-7-15-10(3)4-5-11(13(15)17)8-12(14)16/h4-5,9H,6-8H2,1-3H3. The van der Waals surface area contributed by atoms with Crippen LogP contribution in [0.15, 0.2) is 16.9 Å². The monoisotopic (exact) mass is 255 g/mol. The number of hydrogen-bond donors (Lipinski definition) is 0. The van der Waals surface area contributed by atoms with E-state index in [2.05, 4.69) is 13.8 Å². The van der Waals surface area contributed by atoms with E-state index in [4.69, 9.17) is 11.6 Å². The molecule has 0 saturated carbocycles. The molecule has 0 radical (unpaired) electrons. The van der Waals surface area contributed by atoms with Crippen molar-refractivity contribution in [1.29, 1.82) is 0 Å². The Kier molecular flexibility index (Phi) is 4.94. The van der Waals surface area contributed by atoms with Crippen LogP contribution in [0.3, 0.4) is 0 Å².